The highest BCUT2D eigenvalue weighted by molar-refractivity contribution is 6.00. The third-order valence-electron chi connectivity index (χ3n) is 2.45. The Bertz CT molecular complexity index is 420. The normalized spacial score (nSPS) is 19.2. The number of fused-ring (bicyclic) bond motifs is 1. The van der Waals surface area contributed by atoms with Crippen LogP contribution in [0.1, 0.15) is 6.92 Å². The van der Waals surface area contributed by atoms with E-state index in [0.717, 1.165) is 0 Å². The summed E-state index contributed by atoms with van der Waals surface area (Å²) >= 11 is 0. The van der Waals surface area contributed by atoms with Crippen molar-refractivity contribution in [3.8, 4) is 5.75 Å². The molecule has 1 aromatic rings. The molecule has 1 atom stereocenters. The first-order chi connectivity index (χ1) is 7.63. The lowest BCUT2D eigenvalue weighted by Crippen LogP contribution is -2.45. The van der Waals surface area contributed by atoms with Gasteiger partial charge in [0.05, 0.1) is 5.69 Å². The number of nitrogens with two attached hydrogens (primary N) is 1. The SMILES string of the molecule is COCN1C(=O)C(C)Oc2ccc(N)cc21. The molecule has 2 N–H and O–H groups in total. The first-order valence-corrected chi connectivity index (χ1v) is 5.00. The molecule has 86 valence electrons. The summed E-state index contributed by atoms with van der Waals surface area (Å²) in [4.78, 5) is 13.4. The maximum absolute atomic E-state index is 11.9. The topological polar surface area (TPSA) is 64.8 Å². The van der Waals surface area contributed by atoms with Gasteiger partial charge in [-0.1, -0.05) is 0 Å². The fraction of sp³-hybridized carbons (Fsp3) is 0.364. The molecule has 0 bridgehead atoms. The van der Waals surface area contributed by atoms with Crippen molar-refractivity contribution in [3.63, 3.8) is 0 Å². The Balaban J connectivity index is 2.45. The Labute approximate surface area is 93.7 Å². The zero-order chi connectivity index (χ0) is 11.7. The molecule has 0 aliphatic carbocycles. The van der Waals surface area contributed by atoms with Gasteiger partial charge < -0.3 is 15.2 Å². The van der Waals surface area contributed by atoms with E-state index >= 15 is 0 Å². The molecule has 1 aliphatic heterocycles. The summed E-state index contributed by atoms with van der Waals surface area (Å²) < 4.78 is 10.5. The van der Waals surface area contributed by atoms with E-state index in [1.54, 1.807) is 32.2 Å². The van der Waals surface area contributed by atoms with Crippen LogP contribution in [0.4, 0.5) is 11.4 Å². The lowest BCUT2D eigenvalue weighted by Gasteiger charge is -2.32. The Morgan fingerprint density at radius 2 is 2.31 bits per heavy atom. The lowest BCUT2D eigenvalue weighted by molar-refractivity contribution is -0.126. The number of methoxy groups -OCH3 is 1. The number of carbonyl (C=O) groups is 1. The molecule has 0 aromatic heterocycles. The first-order valence-electron chi connectivity index (χ1n) is 5.00. The highest BCUT2D eigenvalue weighted by atomic mass is 16.5. The monoisotopic (exact) mass is 222 g/mol. The van der Waals surface area contributed by atoms with Crippen LogP contribution in [0.5, 0.6) is 5.75 Å². The van der Waals surface area contributed by atoms with Crippen LogP contribution in [0, 0.1) is 0 Å². The van der Waals surface area contributed by atoms with Crippen molar-refractivity contribution in [2.45, 2.75) is 13.0 Å². The van der Waals surface area contributed by atoms with E-state index in [1.807, 2.05) is 0 Å². The lowest BCUT2D eigenvalue weighted by atomic mass is 10.2. The molecule has 0 saturated carbocycles. The number of nitrogen functional groups attached to an aromatic ring is 1. The summed E-state index contributed by atoms with van der Waals surface area (Å²) in [6.45, 7) is 1.91. The molecule has 16 heavy (non-hydrogen) atoms. The maximum atomic E-state index is 11.9. The summed E-state index contributed by atoms with van der Waals surface area (Å²) in [5, 5.41) is 0. The third-order valence-corrected chi connectivity index (χ3v) is 2.45. The van der Waals surface area contributed by atoms with Gasteiger partial charge in [0.2, 0.25) is 0 Å². The Morgan fingerprint density at radius 3 is 3.00 bits per heavy atom. The zero-order valence-electron chi connectivity index (χ0n) is 9.27. The average Bonchev–Trinajstić information content (AvgIpc) is 2.26. The van der Waals surface area contributed by atoms with Crippen LogP contribution in [0.2, 0.25) is 0 Å². The van der Waals surface area contributed by atoms with Gasteiger partial charge in [0.1, 0.15) is 12.5 Å². The van der Waals surface area contributed by atoms with E-state index in [4.69, 9.17) is 15.2 Å². The fourth-order valence-electron chi connectivity index (χ4n) is 1.69. The summed E-state index contributed by atoms with van der Waals surface area (Å²) in [6.07, 6.45) is -0.494. The number of rotatable bonds is 2. The Morgan fingerprint density at radius 1 is 1.56 bits per heavy atom. The number of hydrogen-bond donors (Lipinski definition) is 1. The predicted molar refractivity (Wildman–Crippen MR) is 60.3 cm³/mol. The van der Waals surface area contributed by atoms with Gasteiger partial charge in [0, 0.05) is 12.8 Å². The van der Waals surface area contributed by atoms with E-state index in [1.165, 1.54) is 4.90 Å². The number of nitrogens with zero attached hydrogens (tertiary/aromatic N) is 1. The molecule has 0 spiro atoms. The third kappa shape index (κ3) is 1.69. The molecule has 0 radical (unpaired) electrons. The van der Waals surface area contributed by atoms with E-state index in [2.05, 4.69) is 0 Å². The van der Waals surface area contributed by atoms with Crippen molar-refractivity contribution in [1.82, 2.24) is 0 Å². The van der Waals surface area contributed by atoms with Crippen molar-refractivity contribution < 1.29 is 14.3 Å². The predicted octanol–water partition coefficient (Wildman–Crippen LogP) is 0.987. The molecule has 5 heteroatoms. The minimum absolute atomic E-state index is 0.125. The molecule has 1 aliphatic rings. The molecular weight excluding hydrogens is 208 g/mol. The first kappa shape index (κ1) is 10.8. The van der Waals surface area contributed by atoms with Crippen molar-refractivity contribution in [2.24, 2.45) is 0 Å². The number of hydrogen-bond acceptors (Lipinski definition) is 4. The van der Waals surface area contributed by atoms with Gasteiger partial charge in [-0.2, -0.15) is 0 Å². The van der Waals surface area contributed by atoms with E-state index < -0.39 is 6.10 Å². The number of amides is 1. The van der Waals surface area contributed by atoms with Crippen LogP contribution in [0.15, 0.2) is 18.2 Å². The second kappa shape index (κ2) is 4.02. The van der Waals surface area contributed by atoms with Gasteiger partial charge in [-0.15, -0.1) is 0 Å². The largest absolute Gasteiger partial charge is 0.479 e. The van der Waals surface area contributed by atoms with Crippen molar-refractivity contribution >= 4 is 17.3 Å². The van der Waals surface area contributed by atoms with E-state index in [-0.39, 0.29) is 12.6 Å². The molecule has 1 heterocycles. The van der Waals surface area contributed by atoms with Crippen molar-refractivity contribution in [3.05, 3.63) is 18.2 Å². The molecule has 0 fully saturated rings. The van der Waals surface area contributed by atoms with Crippen LogP contribution in [0.3, 0.4) is 0 Å². The van der Waals surface area contributed by atoms with Gasteiger partial charge in [-0.25, -0.2) is 0 Å². The summed E-state index contributed by atoms with van der Waals surface area (Å²) in [5.74, 6) is 0.526. The highest BCUT2D eigenvalue weighted by Crippen LogP contribution is 2.35. The van der Waals surface area contributed by atoms with Crippen LogP contribution < -0.4 is 15.4 Å². The van der Waals surface area contributed by atoms with E-state index in [0.29, 0.717) is 17.1 Å². The zero-order valence-corrected chi connectivity index (χ0v) is 9.27. The van der Waals surface area contributed by atoms with Crippen molar-refractivity contribution in [1.29, 1.82) is 0 Å². The molecule has 1 amide bonds. The van der Waals surface area contributed by atoms with Gasteiger partial charge in [0.15, 0.2) is 6.10 Å². The van der Waals surface area contributed by atoms with Crippen LogP contribution in [-0.2, 0) is 9.53 Å². The number of anilines is 2. The van der Waals surface area contributed by atoms with E-state index in [9.17, 15) is 4.79 Å². The van der Waals surface area contributed by atoms with Crippen LogP contribution in [0.25, 0.3) is 0 Å². The average molecular weight is 222 g/mol. The number of ether oxygens (including phenoxy) is 2. The minimum atomic E-state index is -0.494. The van der Waals surface area contributed by atoms with Crippen molar-refractivity contribution in [2.75, 3.05) is 24.5 Å². The quantitative estimate of drug-likeness (QED) is 0.758. The molecule has 2 rings (SSSR count). The minimum Gasteiger partial charge on any atom is -0.479 e. The second-order valence-electron chi connectivity index (χ2n) is 3.67. The highest BCUT2D eigenvalue weighted by Gasteiger charge is 2.31. The van der Waals surface area contributed by atoms with Gasteiger partial charge in [-0.05, 0) is 25.1 Å². The summed E-state index contributed by atoms with van der Waals surface area (Å²) in [7, 11) is 1.54. The summed E-state index contributed by atoms with van der Waals surface area (Å²) in [5.41, 5.74) is 6.93. The maximum Gasteiger partial charge on any atom is 0.269 e. The Hall–Kier alpha value is -1.75. The van der Waals surface area contributed by atoms with Gasteiger partial charge in [-0.3, -0.25) is 9.69 Å². The molecule has 5 nitrogen and oxygen atoms in total. The second-order valence-corrected chi connectivity index (χ2v) is 3.67. The standard InChI is InChI=1S/C11H14N2O3/c1-7-11(14)13(6-15-2)9-5-8(12)3-4-10(9)16-7/h3-5,7H,6,12H2,1-2H3. The number of benzene rings is 1. The van der Waals surface area contributed by atoms with Crippen LogP contribution >= 0.6 is 0 Å². The number of carbonyl (C=O) groups excluding carboxylic acids is 1. The molecular formula is C11H14N2O3. The fourth-order valence-corrected chi connectivity index (χ4v) is 1.69. The summed E-state index contributed by atoms with van der Waals surface area (Å²) in [6, 6.07) is 5.21. The molecule has 1 aromatic carbocycles. The van der Waals surface area contributed by atoms with Crippen LogP contribution in [-0.4, -0.2) is 25.9 Å². The smallest absolute Gasteiger partial charge is 0.269 e. The van der Waals surface area contributed by atoms with Gasteiger partial charge in [0.25, 0.3) is 5.91 Å². The molecule has 0 saturated heterocycles. The van der Waals surface area contributed by atoms with Gasteiger partial charge >= 0.3 is 0 Å². The molecule has 1 unspecified atom stereocenters. The Kier molecular flexibility index (Phi) is 2.70.